The maximum absolute atomic E-state index is 5.64. The van der Waals surface area contributed by atoms with Crippen LogP contribution in [0.3, 0.4) is 0 Å². The van der Waals surface area contributed by atoms with Crippen molar-refractivity contribution in [3.63, 3.8) is 0 Å². The summed E-state index contributed by atoms with van der Waals surface area (Å²) >= 11 is 0. The number of ether oxygens (including phenoxy) is 2. The predicted molar refractivity (Wildman–Crippen MR) is 58.9 cm³/mol. The highest BCUT2D eigenvalue weighted by Crippen LogP contribution is 2.16. The van der Waals surface area contributed by atoms with Crippen molar-refractivity contribution < 1.29 is 9.47 Å². The van der Waals surface area contributed by atoms with E-state index < -0.39 is 0 Å². The molecule has 4 heteroatoms. The lowest BCUT2D eigenvalue weighted by atomic mass is 9.98. The summed E-state index contributed by atoms with van der Waals surface area (Å²) in [4.78, 5) is 4.27. The molecular formula is C10H16BNO2. The molecule has 0 fully saturated rings. The van der Waals surface area contributed by atoms with Crippen LogP contribution in [-0.4, -0.2) is 26.0 Å². The fraction of sp³-hybridized carbons (Fsp3) is 0.500. The van der Waals surface area contributed by atoms with E-state index in [4.69, 9.17) is 9.47 Å². The van der Waals surface area contributed by atoms with Gasteiger partial charge in [-0.15, -0.1) is 0 Å². The van der Waals surface area contributed by atoms with Crippen molar-refractivity contribution in [3.8, 4) is 5.75 Å². The second-order valence-electron chi connectivity index (χ2n) is 3.56. The molecule has 76 valence electrons. The minimum Gasteiger partial charge on any atom is -0.489 e. The Kier molecular flexibility index (Phi) is 3.95. The quantitative estimate of drug-likeness (QED) is 0.643. The number of methoxy groups -OCH3 is 1. The lowest BCUT2D eigenvalue weighted by Crippen LogP contribution is -2.13. The molecule has 0 N–H and O–H groups in total. The first kappa shape index (κ1) is 11.1. The van der Waals surface area contributed by atoms with Crippen LogP contribution >= 0.6 is 0 Å². The van der Waals surface area contributed by atoms with Gasteiger partial charge in [0.1, 0.15) is 19.3 Å². The largest absolute Gasteiger partial charge is 0.489 e. The summed E-state index contributed by atoms with van der Waals surface area (Å²) in [5, 5.41) is 0. The van der Waals surface area contributed by atoms with E-state index in [1.54, 1.807) is 7.11 Å². The molecule has 0 aliphatic heterocycles. The average Bonchev–Trinajstić information content (AvgIpc) is 2.09. The van der Waals surface area contributed by atoms with E-state index in [0.29, 0.717) is 6.61 Å². The summed E-state index contributed by atoms with van der Waals surface area (Å²) in [6, 6.07) is 1.99. The second kappa shape index (κ2) is 5.01. The number of aromatic nitrogens is 1. The molecule has 1 aromatic rings. The standard InChI is InChI=1S/C10H16BNO2/c1-7(2)14-10-4-8(11)5-12-9(10)6-13-3/h4-5,7H,6,11H2,1-3H3. The number of rotatable bonds is 4. The third-order valence-corrected chi connectivity index (χ3v) is 1.71. The first-order chi connectivity index (χ1) is 6.63. The van der Waals surface area contributed by atoms with Crippen molar-refractivity contribution in [2.24, 2.45) is 0 Å². The van der Waals surface area contributed by atoms with Gasteiger partial charge in [0.15, 0.2) is 0 Å². The van der Waals surface area contributed by atoms with E-state index in [-0.39, 0.29) is 6.10 Å². The van der Waals surface area contributed by atoms with Crippen molar-refractivity contribution in [2.45, 2.75) is 26.6 Å². The zero-order valence-electron chi connectivity index (χ0n) is 9.20. The average molecular weight is 193 g/mol. The van der Waals surface area contributed by atoms with Crippen LogP contribution in [0.2, 0.25) is 0 Å². The fourth-order valence-electron chi connectivity index (χ4n) is 1.17. The van der Waals surface area contributed by atoms with E-state index in [1.807, 2.05) is 34.0 Å². The van der Waals surface area contributed by atoms with Gasteiger partial charge in [0, 0.05) is 13.3 Å². The van der Waals surface area contributed by atoms with Crippen molar-refractivity contribution >= 4 is 13.3 Å². The van der Waals surface area contributed by atoms with Crippen LogP contribution in [0, 0.1) is 0 Å². The van der Waals surface area contributed by atoms with E-state index in [9.17, 15) is 0 Å². The molecule has 0 saturated heterocycles. The van der Waals surface area contributed by atoms with E-state index >= 15 is 0 Å². The molecule has 3 nitrogen and oxygen atoms in total. The maximum Gasteiger partial charge on any atom is 0.143 e. The normalized spacial score (nSPS) is 10.6. The SMILES string of the molecule is Bc1cnc(COC)c(OC(C)C)c1. The van der Waals surface area contributed by atoms with Gasteiger partial charge in [0.2, 0.25) is 0 Å². The summed E-state index contributed by atoms with van der Waals surface area (Å²) in [6.07, 6.45) is 1.98. The third kappa shape index (κ3) is 3.03. The summed E-state index contributed by atoms with van der Waals surface area (Å²) in [5.41, 5.74) is 1.95. The molecular weight excluding hydrogens is 177 g/mol. The maximum atomic E-state index is 5.64. The molecule has 0 unspecified atom stereocenters. The zero-order chi connectivity index (χ0) is 10.6. The Morgan fingerprint density at radius 1 is 1.50 bits per heavy atom. The first-order valence-corrected chi connectivity index (χ1v) is 4.74. The number of hydrogen-bond donors (Lipinski definition) is 0. The van der Waals surface area contributed by atoms with Gasteiger partial charge in [-0.3, -0.25) is 4.98 Å². The Morgan fingerprint density at radius 3 is 2.79 bits per heavy atom. The van der Waals surface area contributed by atoms with Gasteiger partial charge < -0.3 is 9.47 Å². The predicted octanol–water partition coefficient (Wildman–Crippen LogP) is 0.274. The van der Waals surface area contributed by atoms with Crippen LogP contribution in [0.25, 0.3) is 0 Å². The Balaban J connectivity index is 2.90. The van der Waals surface area contributed by atoms with Crippen molar-refractivity contribution in [1.29, 1.82) is 0 Å². The smallest absolute Gasteiger partial charge is 0.143 e. The molecule has 1 heterocycles. The fourth-order valence-corrected chi connectivity index (χ4v) is 1.17. The molecule has 0 aromatic carbocycles. The summed E-state index contributed by atoms with van der Waals surface area (Å²) in [7, 11) is 3.65. The van der Waals surface area contributed by atoms with E-state index in [1.165, 1.54) is 0 Å². The van der Waals surface area contributed by atoms with Gasteiger partial charge in [-0.05, 0) is 19.9 Å². The molecule has 0 atom stereocenters. The number of pyridine rings is 1. The molecule has 0 spiro atoms. The molecule has 0 aliphatic rings. The van der Waals surface area contributed by atoms with Gasteiger partial charge >= 0.3 is 0 Å². The number of hydrogen-bond acceptors (Lipinski definition) is 3. The van der Waals surface area contributed by atoms with E-state index in [0.717, 1.165) is 16.9 Å². The zero-order valence-corrected chi connectivity index (χ0v) is 9.20. The van der Waals surface area contributed by atoms with Crippen LogP contribution in [0.1, 0.15) is 19.5 Å². The minimum atomic E-state index is 0.161. The lowest BCUT2D eigenvalue weighted by molar-refractivity contribution is 0.171. The van der Waals surface area contributed by atoms with E-state index in [2.05, 4.69) is 4.98 Å². The lowest BCUT2D eigenvalue weighted by Gasteiger charge is -2.13. The Morgan fingerprint density at radius 2 is 2.21 bits per heavy atom. The molecule has 0 saturated carbocycles. The van der Waals surface area contributed by atoms with Crippen LogP contribution in [-0.2, 0) is 11.3 Å². The Bertz CT molecular complexity index is 302. The Hall–Kier alpha value is -1.03. The van der Waals surface area contributed by atoms with Gasteiger partial charge in [-0.25, -0.2) is 0 Å². The first-order valence-electron chi connectivity index (χ1n) is 4.74. The summed E-state index contributed by atoms with van der Waals surface area (Å²) < 4.78 is 10.7. The van der Waals surface area contributed by atoms with Crippen LogP contribution in [0.5, 0.6) is 5.75 Å². The molecule has 1 aromatic heterocycles. The van der Waals surface area contributed by atoms with Gasteiger partial charge in [-0.1, -0.05) is 5.46 Å². The molecule has 0 bridgehead atoms. The molecule has 0 aliphatic carbocycles. The van der Waals surface area contributed by atoms with Crippen LogP contribution in [0.15, 0.2) is 12.3 Å². The molecule has 14 heavy (non-hydrogen) atoms. The van der Waals surface area contributed by atoms with Crippen LogP contribution in [0.4, 0.5) is 0 Å². The van der Waals surface area contributed by atoms with Crippen molar-refractivity contribution in [2.75, 3.05) is 7.11 Å². The molecule has 0 radical (unpaired) electrons. The molecule has 1 rings (SSSR count). The monoisotopic (exact) mass is 193 g/mol. The molecule has 0 amide bonds. The highest BCUT2D eigenvalue weighted by atomic mass is 16.5. The topological polar surface area (TPSA) is 31.4 Å². The highest BCUT2D eigenvalue weighted by molar-refractivity contribution is 6.32. The van der Waals surface area contributed by atoms with Crippen molar-refractivity contribution in [1.82, 2.24) is 4.98 Å². The van der Waals surface area contributed by atoms with Gasteiger partial charge in [0.25, 0.3) is 0 Å². The van der Waals surface area contributed by atoms with Crippen molar-refractivity contribution in [3.05, 3.63) is 18.0 Å². The third-order valence-electron chi connectivity index (χ3n) is 1.71. The minimum absolute atomic E-state index is 0.161. The van der Waals surface area contributed by atoms with Gasteiger partial charge in [-0.2, -0.15) is 0 Å². The summed E-state index contributed by atoms with van der Waals surface area (Å²) in [5.74, 6) is 0.821. The Labute approximate surface area is 85.9 Å². The summed E-state index contributed by atoms with van der Waals surface area (Å²) in [6.45, 7) is 4.49. The van der Waals surface area contributed by atoms with Gasteiger partial charge in [0.05, 0.1) is 12.7 Å². The number of nitrogens with zero attached hydrogens (tertiary/aromatic N) is 1. The van der Waals surface area contributed by atoms with Crippen LogP contribution < -0.4 is 10.2 Å². The second-order valence-corrected chi connectivity index (χ2v) is 3.56. The highest BCUT2D eigenvalue weighted by Gasteiger charge is 2.06.